The predicted molar refractivity (Wildman–Crippen MR) is 261 cm³/mol. The van der Waals surface area contributed by atoms with Gasteiger partial charge in [-0.1, -0.05) is 188 Å². The molecule has 0 atom stereocenters. The first-order valence-corrected chi connectivity index (χ1v) is 21.8. The first-order chi connectivity index (χ1) is 29.4. The SMILES string of the molecule is CC(C)(C)c1ccc(-c2ccc(N(c3ccc4c(c3)-c3cc5ccccc5cc3C4(C)C)c3ccc4ccccc4c3-c3cccc4c3C(C)(C)c3ccccc3-4)cc2)cc1. The third kappa shape index (κ3) is 5.74. The molecule has 0 amide bonds. The van der Waals surface area contributed by atoms with Crippen LogP contribution >= 0.6 is 0 Å². The summed E-state index contributed by atoms with van der Waals surface area (Å²) in [7, 11) is 0. The van der Waals surface area contributed by atoms with Crippen molar-refractivity contribution < 1.29 is 0 Å². The van der Waals surface area contributed by atoms with Gasteiger partial charge in [0.05, 0.1) is 5.69 Å². The summed E-state index contributed by atoms with van der Waals surface area (Å²) in [6, 6.07) is 68.7. The molecule has 11 rings (SSSR count). The molecule has 0 aromatic heterocycles. The van der Waals surface area contributed by atoms with Gasteiger partial charge in [0, 0.05) is 27.8 Å². The highest BCUT2D eigenvalue weighted by Crippen LogP contribution is 2.56. The summed E-state index contributed by atoms with van der Waals surface area (Å²) in [5.74, 6) is 0. The molecule has 0 saturated heterocycles. The molecule has 2 aliphatic carbocycles. The standard InChI is InChI=1S/C60H51N/c1-58(2,3)43-28-23-38(24-29-43)39-25-30-44(31-26-39)61(45-32-33-53-51(37-45)50-35-41-16-8-9-17-42(41)36-54(50)59(53,4)5)55-34-27-40-15-10-11-18-46(40)56(55)49-21-14-20-48-47-19-12-13-22-52(47)60(6,7)57(48)49/h8-37H,1-7H3. The first kappa shape index (κ1) is 37.3. The number of hydrogen-bond donors (Lipinski definition) is 0. The van der Waals surface area contributed by atoms with Crippen molar-refractivity contribution in [2.75, 3.05) is 4.90 Å². The molecule has 61 heavy (non-hydrogen) atoms. The zero-order valence-electron chi connectivity index (χ0n) is 36.3. The Labute approximate surface area is 361 Å². The van der Waals surface area contributed by atoms with Crippen LogP contribution in [0.25, 0.3) is 66.1 Å². The Hall–Kier alpha value is -6.70. The average Bonchev–Trinajstić information content (AvgIpc) is 3.64. The Bertz CT molecular complexity index is 3210. The Morgan fingerprint density at radius 1 is 0.393 bits per heavy atom. The number of fused-ring (bicyclic) bond motifs is 8. The lowest BCUT2D eigenvalue weighted by atomic mass is 9.78. The van der Waals surface area contributed by atoms with E-state index in [-0.39, 0.29) is 16.2 Å². The molecule has 1 heteroatoms. The van der Waals surface area contributed by atoms with Gasteiger partial charge < -0.3 is 4.90 Å². The molecule has 1 nitrogen and oxygen atoms in total. The molecule has 0 fully saturated rings. The van der Waals surface area contributed by atoms with Crippen LogP contribution in [0.3, 0.4) is 0 Å². The summed E-state index contributed by atoms with van der Waals surface area (Å²) in [4.78, 5) is 2.52. The van der Waals surface area contributed by atoms with E-state index in [0.717, 1.165) is 17.1 Å². The van der Waals surface area contributed by atoms with Crippen LogP contribution in [0.5, 0.6) is 0 Å². The molecule has 0 spiro atoms. The van der Waals surface area contributed by atoms with Crippen LogP contribution in [-0.2, 0) is 16.2 Å². The second kappa shape index (κ2) is 13.4. The van der Waals surface area contributed by atoms with Crippen molar-refractivity contribution in [2.24, 2.45) is 0 Å². The van der Waals surface area contributed by atoms with Gasteiger partial charge in [0.2, 0.25) is 0 Å². The first-order valence-electron chi connectivity index (χ1n) is 21.8. The Morgan fingerprint density at radius 2 is 0.967 bits per heavy atom. The maximum absolute atomic E-state index is 2.52. The number of hydrogen-bond acceptors (Lipinski definition) is 1. The smallest absolute Gasteiger partial charge is 0.0546 e. The van der Waals surface area contributed by atoms with Crippen LogP contribution in [0, 0.1) is 0 Å². The van der Waals surface area contributed by atoms with E-state index in [1.54, 1.807) is 0 Å². The second-order valence-corrected chi connectivity index (χ2v) is 19.4. The van der Waals surface area contributed by atoms with E-state index in [9.17, 15) is 0 Å². The van der Waals surface area contributed by atoms with Gasteiger partial charge in [0.25, 0.3) is 0 Å². The monoisotopic (exact) mass is 785 g/mol. The van der Waals surface area contributed by atoms with Crippen molar-refractivity contribution in [1.29, 1.82) is 0 Å². The number of rotatable bonds is 5. The molecular formula is C60H51N. The van der Waals surface area contributed by atoms with E-state index in [1.807, 2.05) is 0 Å². The van der Waals surface area contributed by atoms with Crippen molar-refractivity contribution in [3.8, 4) is 44.5 Å². The lowest BCUT2D eigenvalue weighted by molar-refractivity contribution is 0.590. The number of anilines is 3. The highest BCUT2D eigenvalue weighted by molar-refractivity contribution is 6.08. The van der Waals surface area contributed by atoms with E-state index in [1.165, 1.54) is 93.9 Å². The number of benzene rings is 9. The molecule has 0 heterocycles. The van der Waals surface area contributed by atoms with E-state index >= 15 is 0 Å². The van der Waals surface area contributed by atoms with Crippen molar-refractivity contribution in [3.05, 3.63) is 210 Å². The fourth-order valence-corrected chi connectivity index (χ4v) is 10.7. The minimum absolute atomic E-state index is 0.107. The lowest BCUT2D eigenvalue weighted by Gasteiger charge is -2.31. The van der Waals surface area contributed by atoms with Crippen LogP contribution in [0.2, 0.25) is 0 Å². The molecule has 0 bridgehead atoms. The van der Waals surface area contributed by atoms with Crippen molar-refractivity contribution in [2.45, 2.75) is 64.7 Å². The molecule has 296 valence electrons. The van der Waals surface area contributed by atoms with Crippen LogP contribution in [0.4, 0.5) is 17.1 Å². The van der Waals surface area contributed by atoms with E-state index in [0.29, 0.717) is 0 Å². The normalized spacial score (nSPS) is 14.4. The molecule has 9 aromatic rings. The fraction of sp³-hybridized carbons (Fsp3) is 0.167. The minimum Gasteiger partial charge on any atom is -0.310 e. The molecule has 0 N–H and O–H groups in total. The predicted octanol–water partition coefficient (Wildman–Crippen LogP) is 16.7. The highest BCUT2D eigenvalue weighted by atomic mass is 15.1. The van der Waals surface area contributed by atoms with Crippen molar-refractivity contribution >= 4 is 38.6 Å². The van der Waals surface area contributed by atoms with Gasteiger partial charge in [-0.2, -0.15) is 0 Å². The van der Waals surface area contributed by atoms with E-state index in [2.05, 4.69) is 235 Å². The van der Waals surface area contributed by atoms with Gasteiger partial charge in [0.15, 0.2) is 0 Å². The van der Waals surface area contributed by atoms with Crippen LogP contribution < -0.4 is 4.90 Å². The summed E-state index contributed by atoms with van der Waals surface area (Å²) in [5.41, 5.74) is 20.4. The molecule has 2 aliphatic rings. The molecule has 0 aliphatic heterocycles. The molecule has 0 radical (unpaired) electrons. The van der Waals surface area contributed by atoms with Gasteiger partial charge >= 0.3 is 0 Å². The highest BCUT2D eigenvalue weighted by Gasteiger charge is 2.39. The summed E-state index contributed by atoms with van der Waals surface area (Å²) in [5, 5.41) is 5.05. The average molecular weight is 786 g/mol. The maximum atomic E-state index is 2.52. The zero-order chi connectivity index (χ0) is 41.8. The van der Waals surface area contributed by atoms with E-state index < -0.39 is 0 Å². The third-order valence-corrected chi connectivity index (χ3v) is 14.0. The summed E-state index contributed by atoms with van der Waals surface area (Å²) >= 11 is 0. The van der Waals surface area contributed by atoms with Gasteiger partial charge in [-0.15, -0.1) is 0 Å². The number of nitrogens with zero attached hydrogens (tertiary/aromatic N) is 1. The summed E-state index contributed by atoms with van der Waals surface area (Å²) in [6.07, 6.45) is 0. The largest absolute Gasteiger partial charge is 0.310 e. The minimum atomic E-state index is -0.183. The Morgan fingerprint density at radius 3 is 1.70 bits per heavy atom. The molecule has 0 saturated carbocycles. The quantitative estimate of drug-likeness (QED) is 0.168. The maximum Gasteiger partial charge on any atom is 0.0546 e. The van der Waals surface area contributed by atoms with Gasteiger partial charge in [-0.25, -0.2) is 0 Å². The third-order valence-electron chi connectivity index (χ3n) is 14.0. The van der Waals surface area contributed by atoms with Gasteiger partial charge in [-0.05, 0) is 136 Å². The summed E-state index contributed by atoms with van der Waals surface area (Å²) in [6.45, 7) is 16.4. The molecular weight excluding hydrogens is 735 g/mol. The van der Waals surface area contributed by atoms with E-state index in [4.69, 9.17) is 0 Å². The van der Waals surface area contributed by atoms with Crippen LogP contribution in [-0.4, -0.2) is 0 Å². The second-order valence-electron chi connectivity index (χ2n) is 19.4. The molecule has 0 unspecified atom stereocenters. The van der Waals surface area contributed by atoms with Crippen LogP contribution in [0.1, 0.15) is 76.3 Å². The van der Waals surface area contributed by atoms with Gasteiger partial charge in [-0.3, -0.25) is 0 Å². The topological polar surface area (TPSA) is 3.24 Å². The van der Waals surface area contributed by atoms with Crippen LogP contribution in [0.15, 0.2) is 182 Å². The zero-order valence-corrected chi connectivity index (χ0v) is 36.3. The molecule has 9 aromatic carbocycles. The van der Waals surface area contributed by atoms with Crippen molar-refractivity contribution in [1.82, 2.24) is 0 Å². The lowest BCUT2D eigenvalue weighted by Crippen LogP contribution is -2.17. The Balaban J connectivity index is 1.16. The summed E-state index contributed by atoms with van der Waals surface area (Å²) < 4.78 is 0. The fourth-order valence-electron chi connectivity index (χ4n) is 10.7. The Kier molecular flexibility index (Phi) is 8.20. The van der Waals surface area contributed by atoms with Crippen molar-refractivity contribution in [3.63, 3.8) is 0 Å². The van der Waals surface area contributed by atoms with Gasteiger partial charge in [0.1, 0.15) is 0 Å².